The van der Waals surface area contributed by atoms with Crippen LogP contribution in [-0.2, 0) is 17.6 Å². The summed E-state index contributed by atoms with van der Waals surface area (Å²) in [6.07, 6.45) is 5.92. The number of hydrogen-bond acceptors (Lipinski definition) is 3. The lowest BCUT2D eigenvalue weighted by molar-refractivity contribution is -0.120. The number of rotatable bonds is 2. The zero-order valence-corrected chi connectivity index (χ0v) is 14.6. The van der Waals surface area contributed by atoms with Gasteiger partial charge in [-0.05, 0) is 42.5 Å². The van der Waals surface area contributed by atoms with Gasteiger partial charge in [-0.3, -0.25) is 9.59 Å². The van der Waals surface area contributed by atoms with Crippen LogP contribution in [-0.4, -0.2) is 23.0 Å². The fourth-order valence-corrected chi connectivity index (χ4v) is 4.03. The molecule has 0 saturated carbocycles. The summed E-state index contributed by atoms with van der Waals surface area (Å²) in [5.41, 5.74) is 7.85. The fourth-order valence-electron chi connectivity index (χ4n) is 4.03. The average Bonchev–Trinajstić information content (AvgIpc) is 3.02. The number of carbonyl (C=O) groups excluding carboxylic acids is 2. The van der Waals surface area contributed by atoms with Crippen LogP contribution in [0.15, 0.2) is 47.7 Å². The first kappa shape index (κ1) is 15.8. The quantitative estimate of drug-likeness (QED) is 0.658. The van der Waals surface area contributed by atoms with Crippen molar-refractivity contribution in [1.82, 2.24) is 10.4 Å². The number of carbonyl (C=O) groups is 2. The molecular formula is C21H18N4O2. The van der Waals surface area contributed by atoms with E-state index in [0.29, 0.717) is 11.3 Å². The Morgan fingerprint density at radius 1 is 1.19 bits per heavy atom. The van der Waals surface area contributed by atoms with E-state index in [4.69, 9.17) is 0 Å². The second-order valence-corrected chi connectivity index (χ2v) is 7.09. The molecule has 0 spiro atoms. The van der Waals surface area contributed by atoms with Crippen LogP contribution in [0.5, 0.6) is 0 Å². The van der Waals surface area contributed by atoms with Crippen LogP contribution in [0.3, 0.4) is 0 Å². The van der Waals surface area contributed by atoms with Gasteiger partial charge in [0, 0.05) is 34.3 Å². The number of aromatic amines is 1. The topological polar surface area (TPSA) is 86.3 Å². The predicted octanol–water partition coefficient (Wildman–Crippen LogP) is 2.99. The highest BCUT2D eigenvalue weighted by Crippen LogP contribution is 2.29. The number of aromatic nitrogens is 1. The van der Waals surface area contributed by atoms with Crippen molar-refractivity contribution in [2.45, 2.75) is 19.3 Å². The molecule has 0 unspecified atom stereocenters. The Morgan fingerprint density at radius 3 is 2.93 bits per heavy atom. The van der Waals surface area contributed by atoms with Gasteiger partial charge in [-0.25, -0.2) is 5.43 Å². The third kappa shape index (κ3) is 2.70. The molecule has 134 valence electrons. The molecule has 1 aromatic heterocycles. The molecular weight excluding hydrogens is 340 g/mol. The van der Waals surface area contributed by atoms with Crippen molar-refractivity contribution < 1.29 is 9.59 Å². The maximum absolute atomic E-state index is 12.8. The van der Waals surface area contributed by atoms with E-state index < -0.39 is 0 Å². The predicted molar refractivity (Wildman–Crippen MR) is 104 cm³/mol. The molecule has 2 aliphatic rings. The van der Waals surface area contributed by atoms with Crippen LogP contribution in [0, 0.1) is 5.92 Å². The number of amides is 2. The van der Waals surface area contributed by atoms with Crippen LogP contribution >= 0.6 is 0 Å². The largest absolute Gasteiger partial charge is 0.360 e. The maximum atomic E-state index is 12.8. The van der Waals surface area contributed by atoms with Gasteiger partial charge in [-0.15, -0.1) is 0 Å². The first-order valence-electron chi connectivity index (χ1n) is 9.05. The molecule has 0 saturated heterocycles. The van der Waals surface area contributed by atoms with Gasteiger partial charge in [0.25, 0.3) is 5.91 Å². The lowest BCUT2D eigenvalue weighted by atomic mass is 9.83. The summed E-state index contributed by atoms with van der Waals surface area (Å²) in [6, 6.07) is 11.9. The van der Waals surface area contributed by atoms with Crippen molar-refractivity contribution in [3.05, 3.63) is 64.8 Å². The van der Waals surface area contributed by atoms with Gasteiger partial charge in [0.15, 0.2) is 0 Å². The smallest absolute Gasteiger partial charge is 0.272 e. The first-order valence-corrected chi connectivity index (χ1v) is 9.05. The molecule has 6 nitrogen and oxygen atoms in total. The highest BCUT2D eigenvalue weighted by molar-refractivity contribution is 6.15. The van der Waals surface area contributed by atoms with E-state index in [0.717, 1.165) is 35.7 Å². The van der Waals surface area contributed by atoms with Crippen molar-refractivity contribution in [1.29, 1.82) is 0 Å². The summed E-state index contributed by atoms with van der Waals surface area (Å²) in [5, 5.41) is 7.74. The Balaban J connectivity index is 1.43. The minimum Gasteiger partial charge on any atom is -0.360 e. The Kier molecular flexibility index (Phi) is 3.57. The van der Waals surface area contributed by atoms with Crippen LogP contribution in [0.25, 0.3) is 10.9 Å². The number of fused-ring (bicyclic) bond motifs is 1. The van der Waals surface area contributed by atoms with Crippen molar-refractivity contribution in [2.24, 2.45) is 11.0 Å². The molecule has 1 aliphatic heterocycles. The zero-order valence-electron chi connectivity index (χ0n) is 14.6. The van der Waals surface area contributed by atoms with Crippen LogP contribution < -0.4 is 10.7 Å². The molecule has 3 N–H and O–H groups in total. The van der Waals surface area contributed by atoms with Crippen molar-refractivity contribution in [3.63, 3.8) is 0 Å². The van der Waals surface area contributed by atoms with Crippen molar-refractivity contribution in [3.8, 4) is 0 Å². The molecule has 1 atom stereocenters. The Morgan fingerprint density at radius 2 is 2.04 bits per heavy atom. The van der Waals surface area contributed by atoms with E-state index in [9.17, 15) is 9.59 Å². The number of hydrazone groups is 1. The van der Waals surface area contributed by atoms with Gasteiger partial charge in [0.2, 0.25) is 5.91 Å². The third-order valence-electron chi connectivity index (χ3n) is 5.41. The summed E-state index contributed by atoms with van der Waals surface area (Å²) in [7, 11) is 0. The van der Waals surface area contributed by atoms with E-state index in [1.165, 1.54) is 11.1 Å². The molecule has 27 heavy (non-hydrogen) atoms. The minimum atomic E-state index is -0.280. The summed E-state index contributed by atoms with van der Waals surface area (Å²) in [4.78, 5) is 28.3. The summed E-state index contributed by atoms with van der Waals surface area (Å²) in [5.74, 6) is -0.350. The molecule has 6 heteroatoms. The van der Waals surface area contributed by atoms with E-state index in [-0.39, 0.29) is 17.7 Å². The second-order valence-electron chi connectivity index (χ2n) is 7.09. The molecule has 3 aromatic rings. The number of H-pyrrole nitrogens is 1. The lowest BCUT2D eigenvalue weighted by Gasteiger charge is -2.24. The summed E-state index contributed by atoms with van der Waals surface area (Å²) >= 11 is 0. The Hall–Kier alpha value is -3.41. The number of hydrogen-bond donors (Lipinski definition) is 3. The van der Waals surface area contributed by atoms with Crippen molar-refractivity contribution in [2.75, 3.05) is 5.32 Å². The van der Waals surface area contributed by atoms with Gasteiger partial charge in [0.05, 0.1) is 11.8 Å². The molecule has 0 radical (unpaired) electrons. The molecule has 0 bridgehead atoms. The Labute approximate surface area is 155 Å². The summed E-state index contributed by atoms with van der Waals surface area (Å²) < 4.78 is 0. The molecule has 2 heterocycles. The van der Waals surface area contributed by atoms with Gasteiger partial charge in [-0.2, -0.15) is 5.10 Å². The zero-order chi connectivity index (χ0) is 18.4. The minimum absolute atomic E-state index is 0.00638. The van der Waals surface area contributed by atoms with E-state index in [2.05, 4.69) is 33.0 Å². The molecule has 0 fully saturated rings. The van der Waals surface area contributed by atoms with E-state index >= 15 is 0 Å². The van der Waals surface area contributed by atoms with Gasteiger partial charge in [-0.1, -0.05) is 24.3 Å². The fraction of sp³-hybridized carbons (Fsp3) is 0.190. The number of aryl methyl sites for hydroxylation is 1. The highest BCUT2D eigenvalue weighted by Gasteiger charge is 2.25. The van der Waals surface area contributed by atoms with Gasteiger partial charge < -0.3 is 10.3 Å². The molecule has 2 amide bonds. The number of nitrogens with zero attached hydrogens (tertiary/aromatic N) is 1. The molecule has 5 rings (SSSR count). The lowest BCUT2D eigenvalue weighted by Crippen LogP contribution is -2.28. The number of anilines is 1. The van der Waals surface area contributed by atoms with Gasteiger partial charge >= 0.3 is 0 Å². The highest BCUT2D eigenvalue weighted by atomic mass is 16.2. The average molecular weight is 358 g/mol. The summed E-state index contributed by atoms with van der Waals surface area (Å²) in [6.45, 7) is 0. The second kappa shape index (κ2) is 6.09. The van der Waals surface area contributed by atoms with E-state index in [1.54, 1.807) is 12.3 Å². The standard InChI is InChI=1S/C21H18N4O2/c26-20(14-6-5-12-3-1-2-4-13(12)7-14)24-16-8-17-19-15(10-22-18(19)9-16)11-23-25-21(17)27/h1-4,8-11,14,22H,5-7H2,(H,24,26)(H,25,27)/t14-/m1/s1. The molecule has 1 aliphatic carbocycles. The number of nitrogens with one attached hydrogen (secondary N) is 3. The van der Waals surface area contributed by atoms with Crippen LogP contribution in [0.2, 0.25) is 0 Å². The Bertz CT molecular complexity index is 1110. The first-order chi connectivity index (χ1) is 13.2. The monoisotopic (exact) mass is 358 g/mol. The SMILES string of the molecule is O=C1NN=Cc2c[nH]c3cc(NC(=O)[C@@H]4CCc5ccccc5C4)cc1c23. The van der Waals surface area contributed by atoms with E-state index in [1.807, 2.05) is 24.4 Å². The third-order valence-corrected chi connectivity index (χ3v) is 5.41. The normalized spacial score (nSPS) is 17.9. The number of benzene rings is 2. The van der Waals surface area contributed by atoms with Crippen LogP contribution in [0.1, 0.15) is 33.5 Å². The van der Waals surface area contributed by atoms with Crippen molar-refractivity contribution >= 4 is 34.6 Å². The van der Waals surface area contributed by atoms with Crippen LogP contribution in [0.4, 0.5) is 5.69 Å². The van der Waals surface area contributed by atoms with Gasteiger partial charge in [0.1, 0.15) is 0 Å². The maximum Gasteiger partial charge on any atom is 0.272 e. The molecule has 2 aromatic carbocycles.